The van der Waals surface area contributed by atoms with Crippen molar-refractivity contribution in [1.82, 2.24) is 4.90 Å². The van der Waals surface area contributed by atoms with Crippen LogP contribution in [-0.2, 0) is 4.79 Å². The molecular weight excluding hydrogens is 164 g/mol. The quantitative estimate of drug-likeness (QED) is 0.523. The topological polar surface area (TPSA) is 46.3 Å². The van der Waals surface area contributed by atoms with Crippen LogP contribution in [-0.4, -0.2) is 29.9 Å². The van der Waals surface area contributed by atoms with Crippen LogP contribution in [0, 0.1) is 24.2 Å². The van der Waals surface area contributed by atoms with Gasteiger partial charge in [0.25, 0.3) is 5.91 Å². The summed E-state index contributed by atoms with van der Waals surface area (Å²) in [6.45, 7) is 1.59. The second-order valence-electron chi connectivity index (χ2n) is 4.02. The van der Waals surface area contributed by atoms with Crippen molar-refractivity contribution in [2.45, 2.75) is 18.9 Å². The lowest BCUT2D eigenvalue weighted by molar-refractivity contribution is -0.124. The Kier molecular flexibility index (Phi) is 2.01. The van der Waals surface area contributed by atoms with Crippen molar-refractivity contribution in [2.75, 3.05) is 13.1 Å². The molecule has 0 radical (unpaired) electrons. The number of nitrogens with zero attached hydrogens (tertiary/aromatic N) is 1. The summed E-state index contributed by atoms with van der Waals surface area (Å²) >= 11 is 0. The van der Waals surface area contributed by atoms with E-state index in [1.165, 1.54) is 0 Å². The number of fused-ring (bicyclic) bond motifs is 1. The highest BCUT2D eigenvalue weighted by Crippen LogP contribution is 2.36. The van der Waals surface area contributed by atoms with Crippen LogP contribution < -0.4 is 5.73 Å². The lowest BCUT2D eigenvalue weighted by atomic mass is 9.98. The summed E-state index contributed by atoms with van der Waals surface area (Å²) in [6.07, 6.45) is 7.32. The molecule has 1 aliphatic heterocycles. The minimum absolute atomic E-state index is 0.179. The molecule has 1 saturated heterocycles. The first-order valence-corrected chi connectivity index (χ1v) is 4.73. The summed E-state index contributed by atoms with van der Waals surface area (Å²) in [4.78, 5) is 13.0. The average molecular weight is 178 g/mol. The van der Waals surface area contributed by atoms with Gasteiger partial charge in [0.05, 0.1) is 0 Å². The first kappa shape index (κ1) is 8.58. The van der Waals surface area contributed by atoms with E-state index in [-0.39, 0.29) is 11.9 Å². The van der Waals surface area contributed by atoms with E-state index in [9.17, 15) is 4.79 Å². The number of likely N-dealkylation sites (tertiary alicyclic amines) is 1. The zero-order chi connectivity index (χ0) is 9.42. The van der Waals surface area contributed by atoms with Gasteiger partial charge in [-0.1, -0.05) is 0 Å². The molecule has 0 spiro atoms. The highest BCUT2D eigenvalue weighted by Gasteiger charge is 2.42. The fraction of sp³-hybridized carbons (Fsp3) is 0.700. The van der Waals surface area contributed by atoms with Crippen LogP contribution in [0.3, 0.4) is 0 Å². The Bertz CT molecular complexity index is 269. The third-order valence-electron chi connectivity index (χ3n) is 3.32. The number of carbonyl (C=O) groups excluding carboxylic acids is 1. The van der Waals surface area contributed by atoms with Gasteiger partial charge in [0, 0.05) is 19.1 Å². The van der Waals surface area contributed by atoms with Crippen molar-refractivity contribution in [3.63, 3.8) is 0 Å². The number of hydrogen-bond acceptors (Lipinski definition) is 2. The van der Waals surface area contributed by atoms with Gasteiger partial charge in [0.1, 0.15) is 0 Å². The Morgan fingerprint density at radius 3 is 2.85 bits per heavy atom. The Morgan fingerprint density at radius 2 is 2.23 bits per heavy atom. The first-order chi connectivity index (χ1) is 6.22. The van der Waals surface area contributed by atoms with Gasteiger partial charge >= 0.3 is 0 Å². The zero-order valence-corrected chi connectivity index (χ0v) is 7.57. The van der Waals surface area contributed by atoms with Gasteiger partial charge in [-0.3, -0.25) is 4.79 Å². The molecule has 0 aromatic rings. The highest BCUT2D eigenvalue weighted by atomic mass is 16.2. The molecule has 2 aliphatic rings. The molecule has 1 heterocycles. The third-order valence-corrected chi connectivity index (χ3v) is 3.32. The first-order valence-electron chi connectivity index (χ1n) is 4.73. The summed E-state index contributed by atoms with van der Waals surface area (Å²) in [5.74, 6) is 3.08. The second kappa shape index (κ2) is 3.04. The predicted octanol–water partition coefficient (Wildman–Crippen LogP) is -0.185. The van der Waals surface area contributed by atoms with Gasteiger partial charge in [-0.25, -0.2) is 0 Å². The summed E-state index contributed by atoms with van der Waals surface area (Å²) in [7, 11) is 0. The van der Waals surface area contributed by atoms with E-state index in [4.69, 9.17) is 12.2 Å². The minimum Gasteiger partial charge on any atom is -0.331 e. The molecule has 0 bridgehead atoms. The van der Waals surface area contributed by atoms with Gasteiger partial charge in [-0.15, -0.1) is 6.42 Å². The Hall–Kier alpha value is -1.01. The van der Waals surface area contributed by atoms with Gasteiger partial charge in [0.2, 0.25) is 0 Å². The van der Waals surface area contributed by atoms with Crippen LogP contribution in [0.15, 0.2) is 0 Å². The fourth-order valence-corrected chi connectivity index (χ4v) is 2.56. The smallest absolute Gasteiger partial charge is 0.298 e. The van der Waals surface area contributed by atoms with E-state index < -0.39 is 0 Å². The van der Waals surface area contributed by atoms with Gasteiger partial charge in [0.15, 0.2) is 0 Å². The van der Waals surface area contributed by atoms with E-state index in [2.05, 4.69) is 5.92 Å². The van der Waals surface area contributed by atoms with Gasteiger partial charge < -0.3 is 10.6 Å². The number of rotatable bonds is 0. The normalized spacial score (nSPS) is 37.2. The minimum atomic E-state index is -0.179. The maximum atomic E-state index is 11.2. The lowest BCUT2D eigenvalue weighted by Crippen LogP contribution is -2.32. The zero-order valence-electron chi connectivity index (χ0n) is 7.57. The van der Waals surface area contributed by atoms with E-state index >= 15 is 0 Å². The fourth-order valence-electron chi connectivity index (χ4n) is 2.56. The third kappa shape index (κ3) is 1.31. The molecule has 70 valence electrons. The summed E-state index contributed by atoms with van der Waals surface area (Å²) in [5, 5.41) is 0. The Balaban J connectivity index is 2.03. The maximum absolute atomic E-state index is 11.2. The van der Waals surface area contributed by atoms with Crippen LogP contribution in [0.2, 0.25) is 0 Å². The summed E-state index contributed by atoms with van der Waals surface area (Å²) < 4.78 is 0. The maximum Gasteiger partial charge on any atom is 0.298 e. The molecule has 2 N–H and O–H groups in total. The SMILES string of the molecule is C#CC(=O)N1CC2CCC(N)C2C1. The average Bonchev–Trinajstić information content (AvgIpc) is 2.67. The number of hydrogen-bond donors (Lipinski definition) is 1. The van der Waals surface area contributed by atoms with Crippen molar-refractivity contribution in [3.05, 3.63) is 0 Å². The molecule has 1 aliphatic carbocycles. The molecule has 0 aromatic carbocycles. The lowest BCUT2D eigenvalue weighted by Gasteiger charge is -2.15. The largest absolute Gasteiger partial charge is 0.331 e. The Labute approximate surface area is 78.3 Å². The van der Waals surface area contributed by atoms with Crippen molar-refractivity contribution in [1.29, 1.82) is 0 Å². The van der Waals surface area contributed by atoms with Crippen molar-refractivity contribution < 1.29 is 4.79 Å². The second-order valence-corrected chi connectivity index (χ2v) is 4.02. The predicted molar refractivity (Wildman–Crippen MR) is 49.6 cm³/mol. The van der Waals surface area contributed by atoms with Crippen LogP contribution in [0.4, 0.5) is 0 Å². The molecule has 3 unspecified atom stereocenters. The number of carbonyl (C=O) groups is 1. The standard InChI is InChI=1S/C10H14N2O/c1-2-10(13)12-5-7-3-4-9(11)8(7)6-12/h1,7-9H,3-6,11H2. The van der Waals surface area contributed by atoms with Gasteiger partial charge in [-0.2, -0.15) is 0 Å². The highest BCUT2D eigenvalue weighted by molar-refractivity contribution is 5.93. The molecule has 3 nitrogen and oxygen atoms in total. The summed E-state index contributed by atoms with van der Waals surface area (Å²) in [5.41, 5.74) is 5.93. The molecular formula is C10H14N2O. The molecule has 1 amide bonds. The number of amides is 1. The molecule has 2 fully saturated rings. The molecule has 13 heavy (non-hydrogen) atoms. The molecule has 3 heteroatoms. The molecule has 3 atom stereocenters. The van der Waals surface area contributed by atoms with Crippen LogP contribution in [0.25, 0.3) is 0 Å². The van der Waals surface area contributed by atoms with E-state index in [0.717, 1.165) is 25.9 Å². The molecule has 1 saturated carbocycles. The van der Waals surface area contributed by atoms with E-state index in [1.54, 1.807) is 4.90 Å². The van der Waals surface area contributed by atoms with Crippen molar-refractivity contribution >= 4 is 5.91 Å². The van der Waals surface area contributed by atoms with Crippen LogP contribution in [0.1, 0.15) is 12.8 Å². The van der Waals surface area contributed by atoms with Crippen LogP contribution in [0.5, 0.6) is 0 Å². The molecule has 2 rings (SSSR count). The monoisotopic (exact) mass is 178 g/mol. The summed E-state index contributed by atoms with van der Waals surface area (Å²) in [6, 6.07) is 0.278. The number of terminal acetylenes is 1. The van der Waals surface area contributed by atoms with Crippen LogP contribution >= 0.6 is 0 Å². The number of nitrogens with two attached hydrogens (primary N) is 1. The van der Waals surface area contributed by atoms with E-state index in [0.29, 0.717) is 11.8 Å². The molecule has 0 aromatic heterocycles. The van der Waals surface area contributed by atoms with Gasteiger partial charge in [-0.05, 0) is 30.6 Å². The van der Waals surface area contributed by atoms with Crippen molar-refractivity contribution in [3.8, 4) is 12.3 Å². The Morgan fingerprint density at radius 1 is 1.46 bits per heavy atom. The van der Waals surface area contributed by atoms with E-state index in [1.807, 2.05) is 0 Å². The van der Waals surface area contributed by atoms with Crippen molar-refractivity contribution in [2.24, 2.45) is 17.6 Å².